The topological polar surface area (TPSA) is 69.8 Å². The highest BCUT2D eigenvalue weighted by atomic mass is 16.2. The molecule has 5 nitrogen and oxygen atoms in total. The van der Waals surface area contributed by atoms with Gasteiger partial charge in [-0.3, -0.25) is 10.4 Å². The zero-order valence-electron chi connectivity index (χ0n) is 16.0. The van der Waals surface area contributed by atoms with Gasteiger partial charge in [0.15, 0.2) is 5.82 Å². The number of amides is 2. The second-order valence-electron chi connectivity index (χ2n) is 8.09. The predicted molar refractivity (Wildman–Crippen MR) is 105 cm³/mol. The molecule has 0 atom stereocenters. The molecule has 1 heterocycles. The molecular formula is C21H28N4O. The predicted octanol–water partition coefficient (Wildman–Crippen LogP) is 4.54. The molecule has 2 aliphatic rings. The van der Waals surface area contributed by atoms with Crippen molar-refractivity contribution < 1.29 is 4.79 Å². The number of H-pyrrole nitrogens is 1. The third-order valence-corrected chi connectivity index (χ3v) is 5.63. The third kappa shape index (κ3) is 3.11. The first-order valence-corrected chi connectivity index (χ1v) is 9.81. The van der Waals surface area contributed by atoms with Crippen LogP contribution in [0.1, 0.15) is 60.2 Å². The molecule has 0 fully saturated rings. The molecule has 3 N–H and O–H groups in total. The first kappa shape index (κ1) is 17.1. The van der Waals surface area contributed by atoms with E-state index in [0.717, 1.165) is 49.0 Å². The lowest BCUT2D eigenvalue weighted by atomic mass is 9.99. The Morgan fingerprint density at radius 3 is 2.38 bits per heavy atom. The molecule has 1 aromatic carbocycles. The number of aromatic amines is 1. The largest absolute Gasteiger partial charge is 0.324 e. The number of carbonyl (C=O) groups is 1. The van der Waals surface area contributed by atoms with Crippen molar-refractivity contribution in [1.82, 2.24) is 10.2 Å². The minimum Gasteiger partial charge on any atom is -0.307 e. The van der Waals surface area contributed by atoms with Crippen molar-refractivity contribution in [3.63, 3.8) is 0 Å². The van der Waals surface area contributed by atoms with E-state index < -0.39 is 0 Å². The number of fused-ring (bicyclic) bond motifs is 2. The van der Waals surface area contributed by atoms with Crippen LogP contribution in [0.3, 0.4) is 0 Å². The highest BCUT2D eigenvalue weighted by molar-refractivity contribution is 6.01. The van der Waals surface area contributed by atoms with E-state index >= 15 is 0 Å². The first-order valence-electron chi connectivity index (χ1n) is 9.81. The number of benzene rings is 1. The minimum atomic E-state index is -0.184. The van der Waals surface area contributed by atoms with Crippen LogP contribution in [0.15, 0.2) is 6.07 Å². The highest BCUT2D eigenvalue weighted by Gasteiger charge is 2.25. The van der Waals surface area contributed by atoms with Gasteiger partial charge >= 0.3 is 6.03 Å². The van der Waals surface area contributed by atoms with Crippen LogP contribution in [0.25, 0.3) is 0 Å². The number of carbonyl (C=O) groups excluding carboxylic acids is 1. The van der Waals surface area contributed by atoms with Crippen LogP contribution >= 0.6 is 0 Å². The monoisotopic (exact) mass is 352 g/mol. The number of aryl methyl sites for hydroxylation is 3. The SMILES string of the molecule is Cc1[nH]nc(NC(=O)Nc2c3c(cc4c2CCC4)CCC3)c1CC(C)C. The number of anilines is 2. The number of urea groups is 1. The van der Waals surface area contributed by atoms with Gasteiger partial charge in [-0.25, -0.2) is 4.79 Å². The van der Waals surface area contributed by atoms with Gasteiger partial charge in [0.05, 0.1) is 0 Å². The van der Waals surface area contributed by atoms with E-state index in [-0.39, 0.29) is 6.03 Å². The van der Waals surface area contributed by atoms with Crippen LogP contribution in [-0.2, 0) is 32.1 Å². The van der Waals surface area contributed by atoms with Crippen molar-refractivity contribution >= 4 is 17.5 Å². The fraction of sp³-hybridized carbons (Fsp3) is 0.524. The molecule has 5 heteroatoms. The van der Waals surface area contributed by atoms with E-state index in [9.17, 15) is 4.79 Å². The molecule has 1 aromatic heterocycles. The molecule has 4 rings (SSSR count). The van der Waals surface area contributed by atoms with Crippen LogP contribution in [0.5, 0.6) is 0 Å². The molecule has 26 heavy (non-hydrogen) atoms. The zero-order valence-corrected chi connectivity index (χ0v) is 16.0. The molecule has 2 amide bonds. The number of aromatic nitrogens is 2. The normalized spacial score (nSPS) is 15.2. The van der Waals surface area contributed by atoms with Crippen LogP contribution in [0.2, 0.25) is 0 Å². The highest BCUT2D eigenvalue weighted by Crippen LogP contribution is 2.38. The van der Waals surface area contributed by atoms with Crippen LogP contribution in [0, 0.1) is 12.8 Å². The van der Waals surface area contributed by atoms with Gasteiger partial charge in [-0.1, -0.05) is 19.9 Å². The van der Waals surface area contributed by atoms with E-state index in [4.69, 9.17) is 0 Å². The summed E-state index contributed by atoms with van der Waals surface area (Å²) >= 11 is 0. The average molecular weight is 352 g/mol. The summed E-state index contributed by atoms with van der Waals surface area (Å²) in [6.45, 7) is 6.35. The summed E-state index contributed by atoms with van der Waals surface area (Å²) in [5.74, 6) is 1.16. The van der Waals surface area contributed by atoms with E-state index in [1.807, 2.05) is 6.92 Å². The van der Waals surface area contributed by atoms with Crippen molar-refractivity contribution in [2.45, 2.75) is 65.7 Å². The van der Waals surface area contributed by atoms with Gasteiger partial charge in [0.2, 0.25) is 0 Å². The van der Waals surface area contributed by atoms with Crippen LogP contribution in [0.4, 0.5) is 16.3 Å². The Kier molecular flexibility index (Phi) is 4.47. The Hall–Kier alpha value is -2.30. The number of hydrogen-bond donors (Lipinski definition) is 3. The van der Waals surface area contributed by atoms with Gasteiger partial charge in [0.25, 0.3) is 0 Å². The van der Waals surface area contributed by atoms with Gasteiger partial charge in [0.1, 0.15) is 0 Å². The summed E-state index contributed by atoms with van der Waals surface area (Å²) in [6, 6.07) is 2.20. The van der Waals surface area contributed by atoms with Crippen molar-refractivity contribution in [3.8, 4) is 0 Å². The maximum Gasteiger partial charge on any atom is 0.324 e. The summed E-state index contributed by atoms with van der Waals surface area (Å²) in [5, 5.41) is 13.5. The average Bonchev–Trinajstić information content (AvgIpc) is 3.30. The van der Waals surface area contributed by atoms with E-state index in [1.165, 1.54) is 35.1 Å². The summed E-state index contributed by atoms with van der Waals surface area (Å²) in [5.41, 5.74) is 8.74. The summed E-state index contributed by atoms with van der Waals surface area (Å²) < 4.78 is 0. The van der Waals surface area contributed by atoms with Crippen molar-refractivity contribution in [2.75, 3.05) is 10.6 Å². The fourth-order valence-corrected chi connectivity index (χ4v) is 4.43. The summed E-state index contributed by atoms with van der Waals surface area (Å²) in [6.07, 6.45) is 7.67. The number of hydrogen-bond acceptors (Lipinski definition) is 2. The molecule has 0 saturated heterocycles. The number of rotatable bonds is 4. The van der Waals surface area contributed by atoms with Gasteiger partial charge in [-0.05, 0) is 80.0 Å². The molecule has 0 spiro atoms. The first-order chi connectivity index (χ1) is 12.5. The maximum atomic E-state index is 12.8. The molecule has 0 aliphatic heterocycles. The lowest BCUT2D eigenvalue weighted by molar-refractivity contribution is 0.262. The number of nitrogens with one attached hydrogen (secondary N) is 3. The molecule has 0 saturated carbocycles. The van der Waals surface area contributed by atoms with Gasteiger partial charge in [-0.2, -0.15) is 5.10 Å². The fourth-order valence-electron chi connectivity index (χ4n) is 4.43. The Morgan fingerprint density at radius 1 is 1.12 bits per heavy atom. The smallest absolute Gasteiger partial charge is 0.307 e. The van der Waals surface area contributed by atoms with Crippen molar-refractivity contribution in [1.29, 1.82) is 0 Å². The standard InChI is InChI=1S/C21H28N4O/c1-12(2)10-18-13(3)24-25-20(18)23-21(26)22-19-16-8-4-6-14(16)11-15-7-5-9-17(15)19/h11-12H,4-10H2,1-3H3,(H3,22,23,24,25,26). The zero-order chi connectivity index (χ0) is 18.3. The Morgan fingerprint density at radius 2 is 1.77 bits per heavy atom. The summed E-state index contributed by atoms with van der Waals surface area (Å²) in [4.78, 5) is 12.8. The van der Waals surface area contributed by atoms with Crippen LogP contribution in [-0.4, -0.2) is 16.2 Å². The lowest BCUT2D eigenvalue weighted by Gasteiger charge is -2.16. The van der Waals surface area contributed by atoms with E-state index in [2.05, 4.69) is 40.7 Å². The maximum absolute atomic E-state index is 12.8. The van der Waals surface area contributed by atoms with Crippen molar-refractivity contribution in [3.05, 3.63) is 39.6 Å². The quantitative estimate of drug-likeness (QED) is 0.756. The second kappa shape index (κ2) is 6.78. The van der Waals surface area contributed by atoms with E-state index in [0.29, 0.717) is 11.7 Å². The molecule has 0 unspecified atom stereocenters. The summed E-state index contributed by atoms with van der Waals surface area (Å²) in [7, 11) is 0. The molecule has 2 aromatic rings. The van der Waals surface area contributed by atoms with Gasteiger partial charge in [-0.15, -0.1) is 0 Å². The Bertz CT molecular complexity index is 818. The van der Waals surface area contributed by atoms with Gasteiger partial charge < -0.3 is 5.32 Å². The third-order valence-electron chi connectivity index (χ3n) is 5.63. The Balaban J connectivity index is 1.57. The van der Waals surface area contributed by atoms with Crippen LogP contribution < -0.4 is 10.6 Å². The number of nitrogens with zero attached hydrogens (tertiary/aromatic N) is 1. The second-order valence-corrected chi connectivity index (χ2v) is 8.09. The minimum absolute atomic E-state index is 0.184. The van der Waals surface area contributed by atoms with E-state index in [1.54, 1.807) is 0 Å². The van der Waals surface area contributed by atoms with Gasteiger partial charge in [0, 0.05) is 16.9 Å². The molecule has 2 aliphatic carbocycles. The lowest BCUT2D eigenvalue weighted by Crippen LogP contribution is -2.22. The molecular weight excluding hydrogens is 324 g/mol. The van der Waals surface area contributed by atoms with Crippen molar-refractivity contribution in [2.24, 2.45) is 5.92 Å². The molecule has 138 valence electrons. The molecule has 0 radical (unpaired) electrons. The molecule has 0 bridgehead atoms. The Labute approximate surface area is 155 Å².